The SMILES string of the molecule is CCc1nn(C)cc1-c1nc(C)c(C(C)C)c(NN)n1. The number of anilines is 1. The molecule has 20 heavy (non-hydrogen) atoms. The summed E-state index contributed by atoms with van der Waals surface area (Å²) in [7, 11) is 1.90. The molecule has 0 aliphatic carbocycles. The summed E-state index contributed by atoms with van der Waals surface area (Å²) in [6.07, 6.45) is 2.79. The van der Waals surface area contributed by atoms with Crippen molar-refractivity contribution in [2.24, 2.45) is 12.9 Å². The van der Waals surface area contributed by atoms with E-state index in [0.717, 1.165) is 28.9 Å². The summed E-state index contributed by atoms with van der Waals surface area (Å²) in [5.74, 6) is 7.29. The highest BCUT2D eigenvalue weighted by Crippen LogP contribution is 2.28. The number of hydrazine groups is 1. The fourth-order valence-corrected chi connectivity index (χ4v) is 2.49. The van der Waals surface area contributed by atoms with Crippen LogP contribution >= 0.6 is 0 Å². The Hall–Kier alpha value is -1.95. The molecule has 0 radical (unpaired) electrons. The number of hydrogen-bond donors (Lipinski definition) is 2. The van der Waals surface area contributed by atoms with Crippen LogP contribution in [0, 0.1) is 6.92 Å². The van der Waals surface area contributed by atoms with Crippen molar-refractivity contribution in [1.82, 2.24) is 19.7 Å². The fourth-order valence-electron chi connectivity index (χ4n) is 2.49. The van der Waals surface area contributed by atoms with Crippen molar-refractivity contribution in [2.45, 2.75) is 40.0 Å². The Morgan fingerprint density at radius 1 is 1.35 bits per heavy atom. The van der Waals surface area contributed by atoms with Gasteiger partial charge in [-0.2, -0.15) is 5.10 Å². The average molecular weight is 274 g/mol. The van der Waals surface area contributed by atoms with Crippen LogP contribution in [-0.4, -0.2) is 19.7 Å². The molecule has 0 aromatic carbocycles. The Morgan fingerprint density at radius 3 is 2.60 bits per heavy atom. The second kappa shape index (κ2) is 5.58. The highest BCUT2D eigenvalue weighted by molar-refractivity contribution is 5.61. The van der Waals surface area contributed by atoms with E-state index < -0.39 is 0 Å². The van der Waals surface area contributed by atoms with Crippen LogP contribution < -0.4 is 11.3 Å². The van der Waals surface area contributed by atoms with Gasteiger partial charge in [0.2, 0.25) is 0 Å². The third-order valence-corrected chi connectivity index (χ3v) is 3.33. The second-order valence-corrected chi connectivity index (χ2v) is 5.21. The van der Waals surface area contributed by atoms with Crippen LogP contribution in [0.5, 0.6) is 0 Å². The molecule has 0 aliphatic heterocycles. The summed E-state index contributed by atoms with van der Waals surface area (Å²) in [5, 5.41) is 4.43. The molecule has 0 unspecified atom stereocenters. The minimum absolute atomic E-state index is 0.314. The smallest absolute Gasteiger partial charge is 0.165 e. The normalized spacial score (nSPS) is 11.2. The number of hydrogen-bond acceptors (Lipinski definition) is 5. The van der Waals surface area contributed by atoms with Crippen molar-refractivity contribution in [2.75, 3.05) is 5.43 Å². The third kappa shape index (κ3) is 2.51. The lowest BCUT2D eigenvalue weighted by atomic mass is 10.0. The highest BCUT2D eigenvalue weighted by Gasteiger charge is 2.17. The van der Waals surface area contributed by atoms with Gasteiger partial charge in [-0.15, -0.1) is 0 Å². The molecule has 0 saturated heterocycles. The van der Waals surface area contributed by atoms with Crippen LogP contribution in [-0.2, 0) is 13.5 Å². The lowest BCUT2D eigenvalue weighted by molar-refractivity contribution is 0.746. The molecule has 6 nitrogen and oxygen atoms in total. The predicted octanol–water partition coefficient (Wildman–Crippen LogP) is 2.16. The van der Waals surface area contributed by atoms with Crippen LogP contribution in [0.15, 0.2) is 6.20 Å². The van der Waals surface area contributed by atoms with Gasteiger partial charge in [0.25, 0.3) is 0 Å². The quantitative estimate of drug-likeness (QED) is 0.659. The molecule has 2 aromatic heterocycles. The number of rotatable bonds is 4. The molecular formula is C14H22N6. The second-order valence-electron chi connectivity index (χ2n) is 5.21. The van der Waals surface area contributed by atoms with Gasteiger partial charge in [-0.3, -0.25) is 4.68 Å². The third-order valence-electron chi connectivity index (χ3n) is 3.33. The van der Waals surface area contributed by atoms with Crippen molar-refractivity contribution in [3.05, 3.63) is 23.1 Å². The van der Waals surface area contributed by atoms with Gasteiger partial charge in [0, 0.05) is 24.5 Å². The number of nitrogens with zero attached hydrogens (tertiary/aromatic N) is 4. The molecule has 2 rings (SSSR count). The van der Waals surface area contributed by atoms with Crippen LogP contribution in [0.4, 0.5) is 5.82 Å². The lowest BCUT2D eigenvalue weighted by Crippen LogP contribution is -2.14. The van der Waals surface area contributed by atoms with Crippen molar-refractivity contribution < 1.29 is 0 Å². The minimum Gasteiger partial charge on any atom is -0.308 e. The van der Waals surface area contributed by atoms with Gasteiger partial charge in [0.15, 0.2) is 5.82 Å². The van der Waals surface area contributed by atoms with Crippen molar-refractivity contribution >= 4 is 5.82 Å². The molecule has 0 spiro atoms. The number of nitrogen functional groups attached to an aromatic ring is 1. The van der Waals surface area contributed by atoms with Gasteiger partial charge in [-0.1, -0.05) is 20.8 Å². The summed E-state index contributed by atoms with van der Waals surface area (Å²) in [6, 6.07) is 0. The monoisotopic (exact) mass is 274 g/mol. The maximum absolute atomic E-state index is 5.62. The number of nitrogens with one attached hydrogen (secondary N) is 1. The molecule has 0 amide bonds. The van der Waals surface area contributed by atoms with Crippen LogP contribution in [0.1, 0.15) is 43.6 Å². The molecule has 2 heterocycles. The Balaban J connectivity index is 2.61. The fraction of sp³-hybridized carbons (Fsp3) is 0.500. The van der Waals surface area contributed by atoms with Crippen molar-refractivity contribution in [3.8, 4) is 11.4 Å². The summed E-state index contributed by atoms with van der Waals surface area (Å²) in [4.78, 5) is 9.20. The molecule has 3 N–H and O–H groups in total. The molecule has 0 fully saturated rings. The zero-order valence-corrected chi connectivity index (χ0v) is 12.7. The summed E-state index contributed by atoms with van der Waals surface area (Å²) >= 11 is 0. The first-order valence-corrected chi connectivity index (χ1v) is 6.85. The predicted molar refractivity (Wildman–Crippen MR) is 80.2 cm³/mol. The van der Waals surface area contributed by atoms with E-state index in [2.05, 4.69) is 41.3 Å². The largest absolute Gasteiger partial charge is 0.308 e. The van der Waals surface area contributed by atoms with E-state index in [1.165, 1.54) is 0 Å². The van der Waals surface area contributed by atoms with E-state index in [9.17, 15) is 0 Å². The Labute approximate surface area is 119 Å². The van der Waals surface area contributed by atoms with E-state index in [1.807, 2.05) is 20.2 Å². The van der Waals surface area contributed by atoms with E-state index in [-0.39, 0.29) is 0 Å². The number of aryl methyl sites for hydroxylation is 3. The Morgan fingerprint density at radius 2 is 2.05 bits per heavy atom. The van der Waals surface area contributed by atoms with Gasteiger partial charge < -0.3 is 5.43 Å². The number of nitrogens with two attached hydrogens (primary N) is 1. The van der Waals surface area contributed by atoms with Gasteiger partial charge in [0.05, 0.1) is 11.3 Å². The lowest BCUT2D eigenvalue weighted by Gasteiger charge is -2.15. The Kier molecular flexibility index (Phi) is 4.04. The van der Waals surface area contributed by atoms with Crippen LogP contribution in [0.25, 0.3) is 11.4 Å². The maximum Gasteiger partial charge on any atom is 0.165 e. The molecular weight excluding hydrogens is 252 g/mol. The first kappa shape index (κ1) is 14.5. The molecule has 0 bridgehead atoms. The molecule has 0 saturated carbocycles. The number of aromatic nitrogens is 4. The topological polar surface area (TPSA) is 81.7 Å². The zero-order valence-electron chi connectivity index (χ0n) is 12.7. The summed E-state index contributed by atoms with van der Waals surface area (Å²) in [6.45, 7) is 8.27. The molecule has 6 heteroatoms. The summed E-state index contributed by atoms with van der Waals surface area (Å²) in [5.41, 5.74) is 6.65. The van der Waals surface area contributed by atoms with Gasteiger partial charge >= 0.3 is 0 Å². The van der Waals surface area contributed by atoms with Crippen LogP contribution in [0.2, 0.25) is 0 Å². The molecule has 2 aromatic rings. The minimum atomic E-state index is 0.314. The van der Waals surface area contributed by atoms with E-state index in [1.54, 1.807) is 4.68 Å². The van der Waals surface area contributed by atoms with E-state index in [4.69, 9.17) is 5.84 Å². The van der Waals surface area contributed by atoms with Gasteiger partial charge in [0.1, 0.15) is 5.82 Å². The standard InChI is InChI=1S/C14H22N6/c1-6-11-10(7-20(5)19-11)13-16-9(4)12(8(2)3)14(17-13)18-15/h7-8H,6,15H2,1-5H3,(H,16,17,18). The van der Waals surface area contributed by atoms with E-state index >= 15 is 0 Å². The van der Waals surface area contributed by atoms with Gasteiger partial charge in [-0.25, -0.2) is 15.8 Å². The molecule has 108 valence electrons. The summed E-state index contributed by atoms with van der Waals surface area (Å²) < 4.78 is 1.79. The first-order valence-electron chi connectivity index (χ1n) is 6.85. The Bertz CT molecular complexity index is 614. The maximum atomic E-state index is 5.62. The highest BCUT2D eigenvalue weighted by atomic mass is 15.3. The van der Waals surface area contributed by atoms with Crippen molar-refractivity contribution in [3.63, 3.8) is 0 Å². The van der Waals surface area contributed by atoms with Gasteiger partial charge in [-0.05, 0) is 19.3 Å². The average Bonchev–Trinajstić information content (AvgIpc) is 2.78. The zero-order chi connectivity index (χ0) is 14.9. The first-order chi connectivity index (χ1) is 9.47. The van der Waals surface area contributed by atoms with E-state index in [0.29, 0.717) is 17.6 Å². The van der Waals surface area contributed by atoms with Crippen molar-refractivity contribution in [1.29, 1.82) is 0 Å². The molecule has 0 aliphatic rings. The molecule has 0 atom stereocenters. The van der Waals surface area contributed by atoms with Crippen LogP contribution in [0.3, 0.4) is 0 Å².